The number of phenols is 1. The van der Waals surface area contributed by atoms with Crippen LogP contribution in [0.4, 0.5) is 5.69 Å². The quantitative estimate of drug-likeness (QED) is 0.279. The van der Waals surface area contributed by atoms with Gasteiger partial charge in [0.2, 0.25) is 0 Å². The standard InChI is InChI=1S/C27H24N4O4/c1-14-13-28-25-21(14)22-17-7-6-16(31-9-3-2-4-10-31)12-19(17)29-26(33)23(22)24(30-25)15-5-8-20(32)18(11-15)27(34)35/h5-8,11-13,32H,2-4,9-10H2,1H3,(H,28,30)(H,29,33)(H,34,35). The van der Waals surface area contributed by atoms with E-state index in [4.69, 9.17) is 4.98 Å². The third kappa shape index (κ3) is 3.32. The molecule has 1 aliphatic rings. The molecule has 1 aliphatic heterocycles. The summed E-state index contributed by atoms with van der Waals surface area (Å²) < 4.78 is 0. The maximum atomic E-state index is 13.6. The molecule has 1 saturated heterocycles. The number of rotatable bonds is 3. The molecular weight excluding hydrogens is 444 g/mol. The van der Waals surface area contributed by atoms with Gasteiger partial charge in [0, 0.05) is 46.7 Å². The highest BCUT2D eigenvalue weighted by atomic mass is 16.4. The number of aromatic nitrogens is 3. The predicted octanol–water partition coefficient (Wildman–Crippen LogP) is 4.93. The number of carbonyl (C=O) groups is 1. The first-order chi connectivity index (χ1) is 16.9. The summed E-state index contributed by atoms with van der Waals surface area (Å²) in [6, 6.07) is 10.4. The van der Waals surface area contributed by atoms with E-state index in [0.717, 1.165) is 58.9 Å². The number of aromatic hydroxyl groups is 1. The minimum Gasteiger partial charge on any atom is -0.507 e. The van der Waals surface area contributed by atoms with Crippen molar-refractivity contribution in [1.29, 1.82) is 0 Å². The van der Waals surface area contributed by atoms with Gasteiger partial charge in [-0.25, -0.2) is 9.78 Å². The summed E-state index contributed by atoms with van der Waals surface area (Å²) in [5, 5.41) is 22.4. The highest BCUT2D eigenvalue weighted by Crippen LogP contribution is 2.37. The molecule has 8 nitrogen and oxygen atoms in total. The zero-order valence-electron chi connectivity index (χ0n) is 19.2. The molecule has 3 aromatic heterocycles. The van der Waals surface area contributed by atoms with E-state index in [1.807, 2.05) is 25.3 Å². The van der Waals surface area contributed by atoms with Gasteiger partial charge in [-0.05, 0) is 62.1 Å². The van der Waals surface area contributed by atoms with Gasteiger partial charge < -0.3 is 25.1 Å². The smallest absolute Gasteiger partial charge is 0.339 e. The van der Waals surface area contributed by atoms with Crippen LogP contribution in [0.1, 0.15) is 35.2 Å². The van der Waals surface area contributed by atoms with E-state index in [1.165, 1.54) is 18.6 Å². The maximum absolute atomic E-state index is 13.6. The number of nitrogens with one attached hydrogen (secondary N) is 2. The van der Waals surface area contributed by atoms with Crippen LogP contribution in [-0.4, -0.2) is 44.2 Å². The van der Waals surface area contributed by atoms with Crippen LogP contribution in [0.3, 0.4) is 0 Å². The van der Waals surface area contributed by atoms with Gasteiger partial charge in [-0.3, -0.25) is 4.79 Å². The van der Waals surface area contributed by atoms with Gasteiger partial charge in [0.15, 0.2) is 0 Å². The van der Waals surface area contributed by atoms with Crippen molar-refractivity contribution in [2.75, 3.05) is 18.0 Å². The Bertz CT molecular complexity index is 1710. The van der Waals surface area contributed by atoms with E-state index in [9.17, 15) is 19.8 Å². The fourth-order valence-electron chi connectivity index (χ4n) is 5.26. The second-order valence-electron chi connectivity index (χ2n) is 9.17. The van der Waals surface area contributed by atoms with Gasteiger partial charge in [-0.1, -0.05) is 6.07 Å². The van der Waals surface area contributed by atoms with Crippen molar-refractivity contribution in [2.24, 2.45) is 0 Å². The number of aromatic carboxylic acids is 1. The molecule has 176 valence electrons. The summed E-state index contributed by atoms with van der Waals surface area (Å²) >= 11 is 0. The Balaban J connectivity index is 1.69. The molecule has 8 heteroatoms. The van der Waals surface area contributed by atoms with Crippen molar-refractivity contribution in [1.82, 2.24) is 15.0 Å². The summed E-state index contributed by atoms with van der Waals surface area (Å²) in [7, 11) is 0. The minimum absolute atomic E-state index is 0.247. The molecule has 0 spiro atoms. The second kappa shape index (κ2) is 7.87. The molecule has 0 saturated carbocycles. The molecule has 4 heterocycles. The number of anilines is 1. The molecule has 0 atom stereocenters. The lowest BCUT2D eigenvalue weighted by atomic mass is 9.97. The fraction of sp³-hybridized carbons (Fsp3) is 0.222. The van der Waals surface area contributed by atoms with E-state index in [1.54, 1.807) is 6.07 Å². The van der Waals surface area contributed by atoms with Crippen LogP contribution in [0.15, 0.2) is 47.4 Å². The maximum Gasteiger partial charge on any atom is 0.339 e. The number of nitrogens with zero attached hydrogens (tertiary/aromatic N) is 2. The van der Waals surface area contributed by atoms with Crippen LogP contribution >= 0.6 is 0 Å². The number of pyridine rings is 2. The molecule has 0 amide bonds. The van der Waals surface area contributed by atoms with Gasteiger partial charge in [0.25, 0.3) is 5.56 Å². The van der Waals surface area contributed by atoms with Crippen LogP contribution in [0.5, 0.6) is 5.75 Å². The van der Waals surface area contributed by atoms with Crippen LogP contribution in [0.25, 0.3) is 44.0 Å². The zero-order chi connectivity index (χ0) is 24.3. The van der Waals surface area contributed by atoms with Gasteiger partial charge in [-0.2, -0.15) is 0 Å². The first kappa shape index (κ1) is 21.2. The molecular formula is C27H24N4O4. The van der Waals surface area contributed by atoms with Crippen molar-refractivity contribution in [3.8, 4) is 17.0 Å². The molecule has 0 aliphatic carbocycles. The summed E-state index contributed by atoms with van der Waals surface area (Å²) in [5.41, 5.74) is 3.68. The number of aryl methyl sites for hydroxylation is 1. The van der Waals surface area contributed by atoms with Crippen molar-refractivity contribution in [3.05, 3.63) is 64.1 Å². The molecule has 4 N–H and O–H groups in total. The predicted molar refractivity (Wildman–Crippen MR) is 137 cm³/mol. The van der Waals surface area contributed by atoms with E-state index in [-0.39, 0.29) is 16.9 Å². The first-order valence-electron chi connectivity index (χ1n) is 11.7. The average Bonchev–Trinajstić information content (AvgIpc) is 3.24. The second-order valence-corrected chi connectivity index (χ2v) is 9.17. The molecule has 1 fully saturated rings. The van der Waals surface area contributed by atoms with E-state index < -0.39 is 5.97 Å². The number of carboxylic acids is 1. The van der Waals surface area contributed by atoms with Crippen LogP contribution in [0, 0.1) is 6.92 Å². The Morgan fingerprint density at radius 2 is 1.83 bits per heavy atom. The lowest BCUT2D eigenvalue weighted by molar-refractivity contribution is 0.0694. The Labute approximate surface area is 199 Å². The summed E-state index contributed by atoms with van der Waals surface area (Å²) in [4.78, 5) is 38.5. The summed E-state index contributed by atoms with van der Waals surface area (Å²) in [6.07, 6.45) is 5.42. The fourth-order valence-corrected chi connectivity index (χ4v) is 5.26. The molecule has 5 aromatic rings. The SMILES string of the molecule is Cc1c[nH]c2nc(-c3ccc(O)c(C(=O)O)c3)c3c(=O)[nH]c4cc(N5CCCCC5)ccc4c3c12. The average molecular weight is 469 g/mol. The van der Waals surface area contributed by atoms with Crippen molar-refractivity contribution in [3.63, 3.8) is 0 Å². The van der Waals surface area contributed by atoms with Crippen molar-refractivity contribution in [2.45, 2.75) is 26.2 Å². The van der Waals surface area contributed by atoms with E-state index in [0.29, 0.717) is 22.3 Å². The molecule has 6 rings (SSSR count). The first-order valence-corrected chi connectivity index (χ1v) is 11.7. The largest absolute Gasteiger partial charge is 0.507 e. The van der Waals surface area contributed by atoms with Gasteiger partial charge in [0.1, 0.15) is 17.0 Å². The number of benzene rings is 2. The van der Waals surface area contributed by atoms with Gasteiger partial charge >= 0.3 is 5.97 Å². The van der Waals surface area contributed by atoms with Gasteiger partial charge in [-0.15, -0.1) is 0 Å². The highest BCUT2D eigenvalue weighted by molar-refractivity contribution is 6.22. The Hall–Kier alpha value is -4.33. The number of hydrogen-bond donors (Lipinski definition) is 4. The molecule has 35 heavy (non-hydrogen) atoms. The highest BCUT2D eigenvalue weighted by Gasteiger charge is 2.21. The summed E-state index contributed by atoms with van der Waals surface area (Å²) in [5.74, 6) is -1.60. The van der Waals surface area contributed by atoms with Crippen LogP contribution in [-0.2, 0) is 0 Å². The number of hydrogen-bond acceptors (Lipinski definition) is 5. The van der Waals surface area contributed by atoms with Crippen molar-refractivity contribution >= 4 is 44.4 Å². The lowest BCUT2D eigenvalue weighted by Crippen LogP contribution is -2.29. The normalized spacial score (nSPS) is 14.3. The van der Waals surface area contributed by atoms with Crippen LogP contribution in [0.2, 0.25) is 0 Å². The van der Waals surface area contributed by atoms with E-state index >= 15 is 0 Å². The number of aromatic amines is 2. The number of carboxylic acid groups (broad SMARTS) is 1. The Kier molecular flexibility index (Phi) is 4.77. The molecule has 0 bridgehead atoms. The minimum atomic E-state index is -1.25. The molecule has 0 unspecified atom stereocenters. The molecule has 0 radical (unpaired) electrons. The van der Waals surface area contributed by atoms with Crippen molar-refractivity contribution < 1.29 is 15.0 Å². The summed E-state index contributed by atoms with van der Waals surface area (Å²) in [6.45, 7) is 3.98. The monoisotopic (exact) mass is 468 g/mol. The number of fused-ring (bicyclic) bond motifs is 5. The van der Waals surface area contributed by atoms with E-state index in [2.05, 4.69) is 20.9 Å². The Morgan fingerprint density at radius 1 is 1.03 bits per heavy atom. The number of piperidine rings is 1. The third-order valence-electron chi connectivity index (χ3n) is 6.99. The lowest BCUT2D eigenvalue weighted by Gasteiger charge is -2.29. The zero-order valence-corrected chi connectivity index (χ0v) is 19.2. The van der Waals surface area contributed by atoms with Crippen LogP contribution < -0.4 is 10.5 Å². The third-order valence-corrected chi connectivity index (χ3v) is 6.99. The molecule has 2 aromatic carbocycles. The van der Waals surface area contributed by atoms with Gasteiger partial charge in [0.05, 0.1) is 16.6 Å². The Morgan fingerprint density at radius 3 is 2.60 bits per heavy atom. The number of H-pyrrole nitrogens is 2. The topological polar surface area (TPSA) is 122 Å².